The third kappa shape index (κ3) is 4.05. The molecule has 0 radical (unpaired) electrons. The van der Waals surface area contributed by atoms with Gasteiger partial charge in [-0.3, -0.25) is 4.79 Å². The van der Waals surface area contributed by atoms with E-state index < -0.39 is 0 Å². The number of rotatable bonds is 6. The first-order chi connectivity index (χ1) is 9.88. The van der Waals surface area contributed by atoms with Gasteiger partial charge in [0.05, 0.1) is 0 Å². The zero-order valence-electron chi connectivity index (χ0n) is 13.1. The minimum absolute atomic E-state index is 0.0325. The summed E-state index contributed by atoms with van der Waals surface area (Å²) in [6, 6.07) is 6.11. The van der Waals surface area contributed by atoms with Crippen LogP contribution in [0.1, 0.15) is 31.9 Å². The standard InChI is InChI=1S/C16H24BrN3O/c1-10(2)7-12(20(3)4)9-18-15-13-6-5-11(17)8-14(13)19-16(15)21/h5-6,8,10,12,15,18H,7,9H2,1-4H3,(H,19,21). The largest absolute Gasteiger partial charge is 0.324 e. The van der Waals surface area contributed by atoms with Crippen LogP contribution in [0.3, 0.4) is 0 Å². The maximum atomic E-state index is 12.1. The smallest absolute Gasteiger partial charge is 0.246 e. The van der Waals surface area contributed by atoms with E-state index in [-0.39, 0.29) is 11.9 Å². The van der Waals surface area contributed by atoms with Crippen LogP contribution >= 0.6 is 15.9 Å². The van der Waals surface area contributed by atoms with Gasteiger partial charge in [-0.25, -0.2) is 0 Å². The molecule has 2 unspecified atom stereocenters. The van der Waals surface area contributed by atoms with Gasteiger partial charge >= 0.3 is 0 Å². The van der Waals surface area contributed by atoms with Crippen LogP contribution in [-0.2, 0) is 4.79 Å². The average Bonchev–Trinajstić information content (AvgIpc) is 2.68. The molecule has 1 aliphatic heterocycles. The van der Waals surface area contributed by atoms with Crippen LogP contribution in [-0.4, -0.2) is 37.5 Å². The molecule has 5 heteroatoms. The van der Waals surface area contributed by atoms with Crippen LogP contribution in [0.2, 0.25) is 0 Å². The van der Waals surface area contributed by atoms with Crippen molar-refractivity contribution in [2.24, 2.45) is 5.92 Å². The molecule has 2 N–H and O–H groups in total. The molecule has 1 amide bonds. The summed E-state index contributed by atoms with van der Waals surface area (Å²) >= 11 is 3.43. The third-order valence-corrected chi connectivity index (χ3v) is 4.37. The van der Waals surface area contributed by atoms with Crippen molar-refractivity contribution in [2.75, 3.05) is 26.0 Å². The summed E-state index contributed by atoms with van der Waals surface area (Å²) in [5.41, 5.74) is 1.93. The molecular formula is C16H24BrN3O. The van der Waals surface area contributed by atoms with Crippen LogP contribution in [0, 0.1) is 5.92 Å². The highest BCUT2D eigenvalue weighted by atomic mass is 79.9. The van der Waals surface area contributed by atoms with Crippen LogP contribution in [0.25, 0.3) is 0 Å². The number of amides is 1. The zero-order valence-corrected chi connectivity index (χ0v) is 14.7. The molecule has 116 valence electrons. The number of benzene rings is 1. The van der Waals surface area contributed by atoms with Crippen molar-refractivity contribution in [1.29, 1.82) is 0 Å². The van der Waals surface area contributed by atoms with Gasteiger partial charge in [-0.15, -0.1) is 0 Å². The number of fused-ring (bicyclic) bond motifs is 1. The van der Waals surface area contributed by atoms with E-state index in [0.717, 1.165) is 28.7 Å². The van der Waals surface area contributed by atoms with Crippen LogP contribution < -0.4 is 10.6 Å². The van der Waals surface area contributed by atoms with E-state index in [9.17, 15) is 4.79 Å². The highest BCUT2D eigenvalue weighted by molar-refractivity contribution is 9.10. The number of halogens is 1. The average molecular weight is 354 g/mol. The Hall–Kier alpha value is -0.910. The molecule has 0 bridgehead atoms. The maximum Gasteiger partial charge on any atom is 0.246 e. The molecule has 4 nitrogen and oxygen atoms in total. The molecule has 2 atom stereocenters. The fourth-order valence-electron chi connectivity index (χ4n) is 2.71. The molecule has 1 aromatic rings. The highest BCUT2D eigenvalue weighted by Gasteiger charge is 2.30. The summed E-state index contributed by atoms with van der Waals surface area (Å²) in [5, 5.41) is 6.36. The number of nitrogens with one attached hydrogen (secondary N) is 2. The van der Waals surface area contributed by atoms with Gasteiger partial charge in [0.15, 0.2) is 0 Å². The lowest BCUT2D eigenvalue weighted by Crippen LogP contribution is -2.41. The second kappa shape index (κ2) is 6.90. The topological polar surface area (TPSA) is 44.4 Å². The number of likely N-dealkylation sites (N-methyl/N-ethyl adjacent to an activating group) is 1. The number of carbonyl (C=O) groups excluding carboxylic acids is 1. The van der Waals surface area contributed by atoms with Gasteiger partial charge in [-0.2, -0.15) is 0 Å². The Balaban J connectivity index is 2.05. The van der Waals surface area contributed by atoms with E-state index >= 15 is 0 Å². The fourth-order valence-corrected chi connectivity index (χ4v) is 3.07. The molecule has 0 aromatic heterocycles. The van der Waals surface area contributed by atoms with Gasteiger partial charge in [0, 0.05) is 28.3 Å². The zero-order chi connectivity index (χ0) is 15.6. The predicted octanol–water partition coefficient (Wildman–Crippen LogP) is 3.01. The number of hydrogen-bond donors (Lipinski definition) is 2. The van der Waals surface area contributed by atoms with Crippen molar-refractivity contribution in [3.05, 3.63) is 28.2 Å². The predicted molar refractivity (Wildman–Crippen MR) is 90.4 cm³/mol. The third-order valence-electron chi connectivity index (χ3n) is 3.88. The Bertz CT molecular complexity index is 516. The Kier molecular flexibility index (Phi) is 5.41. The monoisotopic (exact) mass is 353 g/mol. The molecule has 0 saturated carbocycles. The van der Waals surface area contributed by atoms with Gasteiger partial charge < -0.3 is 15.5 Å². The SMILES string of the molecule is CC(C)CC(CNC1C(=O)Nc2cc(Br)ccc21)N(C)C. The highest BCUT2D eigenvalue weighted by Crippen LogP contribution is 2.33. The van der Waals surface area contributed by atoms with Crippen molar-refractivity contribution >= 4 is 27.5 Å². The Morgan fingerprint density at radius 3 is 2.71 bits per heavy atom. The molecule has 1 heterocycles. The molecule has 0 aliphatic carbocycles. The van der Waals surface area contributed by atoms with Crippen LogP contribution in [0.5, 0.6) is 0 Å². The fraction of sp³-hybridized carbons (Fsp3) is 0.562. The van der Waals surface area contributed by atoms with Crippen molar-refractivity contribution in [2.45, 2.75) is 32.4 Å². The number of nitrogens with zero attached hydrogens (tertiary/aromatic N) is 1. The van der Waals surface area contributed by atoms with Crippen molar-refractivity contribution in [3.8, 4) is 0 Å². The van der Waals surface area contributed by atoms with E-state index in [1.54, 1.807) is 0 Å². The Morgan fingerprint density at radius 1 is 1.38 bits per heavy atom. The van der Waals surface area contributed by atoms with Crippen molar-refractivity contribution in [3.63, 3.8) is 0 Å². The van der Waals surface area contributed by atoms with Gasteiger partial charge in [0.1, 0.15) is 6.04 Å². The molecule has 21 heavy (non-hydrogen) atoms. The first kappa shape index (κ1) is 16.5. The molecule has 0 saturated heterocycles. The molecule has 1 aliphatic rings. The van der Waals surface area contributed by atoms with Crippen LogP contribution in [0.4, 0.5) is 5.69 Å². The van der Waals surface area contributed by atoms with Gasteiger partial charge in [-0.1, -0.05) is 35.8 Å². The van der Waals surface area contributed by atoms with E-state index in [0.29, 0.717) is 12.0 Å². The number of hydrogen-bond acceptors (Lipinski definition) is 3. The first-order valence-electron chi connectivity index (χ1n) is 7.38. The van der Waals surface area contributed by atoms with Crippen LogP contribution in [0.15, 0.2) is 22.7 Å². The van der Waals surface area contributed by atoms with E-state index in [1.807, 2.05) is 18.2 Å². The molecule has 1 aromatic carbocycles. The minimum Gasteiger partial charge on any atom is -0.324 e. The normalized spacial score (nSPS) is 19.0. The van der Waals surface area contributed by atoms with E-state index in [2.05, 4.69) is 59.4 Å². The lowest BCUT2D eigenvalue weighted by atomic mass is 10.0. The van der Waals surface area contributed by atoms with Crippen molar-refractivity contribution < 1.29 is 4.79 Å². The number of anilines is 1. The van der Waals surface area contributed by atoms with Crippen molar-refractivity contribution in [1.82, 2.24) is 10.2 Å². The molecule has 0 spiro atoms. The molecule has 2 rings (SSSR count). The Labute approximate surface area is 135 Å². The molecular weight excluding hydrogens is 330 g/mol. The lowest BCUT2D eigenvalue weighted by molar-refractivity contribution is -0.117. The summed E-state index contributed by atoms with van der Waals surface area (Å²) in [5.74, 6) is 0.671. The van der Waals surface area contributed by atoms with Gasteiger partial charge in [0.2, 0.25) is 5.91 Å². The molecule has 0 fully saturated rings. The lowest BCUT2D eigenvalue weighted by Gasteiger charge is -2.27. The first-order valence-corrected chi connectivity index (χ1v) is 8.18. The maximum absolute atomic E-state index is 12.1. The second-order valence-electron chi connectivity index (χ2n) is 6.31. The summed E-state index contributed by atoms with van der Waals surface area (Å²) in [7, 11) is 4.18. The second-order valence-corrected chi connectivity index (χ2v) is 7.22. The number of carbonyl (C=O) groups is 1. The van der Waals surface area contributed by atoms with Gasteiger partial charge in [-0.05, 0) is 38.6 Å². The Morgan fingerprint density at radius 2 is 2.10 bits per heavy atom. The van der Waals surface area contributed by atoms with E-state index in [1.165, 1.54) is 0 Å². The summed E-state index contributed by atoms with van der Waals surface area (Å²) in [4.78, 5) is 14.4. The van der Waals surface area contributed by atoms with Gasteiger partial charge in [0.25, 0.3) is 0 Å². The quantitative estimate of drug-likeness (QED) is 0.826. The summed E-state index contributed by atoms with van der Waals surface area (Å²) in [6.45, 7) is 5.26. The summed E-state index contributed by atoms with van der Waals surface area (Å²) in [6.07, 6.45) is 1.11. The summed E-state index contributed by atoms with van der Waals surface area (Å²) < 4.78 is 0.980. The minimum atomic E-state index is -0.247. The van der Waals surface area contributed by atoms with E-state index in [4.69, 9.17) is 0 Å².